The van der Waals surface area contributed by atoms with Gasteiger partial charge in [-0.05, 0) is 74.8 Å². The molecule has 0 N–H and O–H groups in total. The molecule has 4 heteroatoms. The Bertz CT molecular complexity index is 615. The third-order valence-electron chi connectivity index (χ3n) is 7.80. The molecule has 32 heavy (non-hydrogen) atoms. The standard InChI is InChI=1S/C28H50NO2P/c1-20(10-7-11-21(2)13-9-15-23(4)19-30)12-8-14-22(3)16-17-26-18-27(29-31)24(5)25(6)28(26)32/h13,18-20,22-25,27-28H,7-12,14-17,32H2,1-6H3/b21-13+. The summed E-state index contributed by atoms with van der Waals surface area (Å²) in [5.41, 5.74) is 3.39. The first-order valence-electron chi connectivity index (χ1n) is 13.1. The quantitative estimate of drug-likeness (QED) is 0.0996. The molecular formula is C28H50NO2P. The lowest BCUT2D eigenvalue weighted by Crippen LogP contribution is -2.33. The highest BCUT2D eigenvalue weighted by atomic mass is 31.0. The molecule has 0 heterocycles. The van der Waals surface area contributed by atoms with Gasteiger partial charge < -0.3 is 4.79 Å². The van der Waals surface area contributed by atoms with Crippen LogP contribution in [0.3, 0.4) is 0 Å². The van der Waals surface area contributed by atoms with E-state index in [4.69, 9.17) is 0 Å². The van der Waals surface area contributed by atoms with Crippen LogP contribution in [0.4, 0.5) is 0 Å². The fourth-order valence-electron chi connectivity index (χ4n) is 4.84. The van der Waals surface area contributed by atoms with Crippen LogP contribution in [0.1, 0.15) is 106 Å². The number of hydrogen-bond donors (Lipinski definition) is 0. The first-order valence-corrected chi connectivity index (χ1v) is 13.8. The van der Waals surface area contributed by atoms with Crippen molar-refractivity contribution < 1.29 is 4.79 Å². The second-order valence-corrected chi connectivity index (χ2v) is 11.6. The minimum absolute atomic E-state index is 0.147. The average molecular weight is 464 g/mol. The predicted molar refractivity (Wildman–Crippen MR) is 143 cm³/mol. The number of nitrogens with zero attached hydrogens (tertiary/aromatic N) is 1. The Balaban J connectivity index is 2.22. The van der Waals surface area contributed by atoms with Crippen molar-refractivity contribution in [3.8, 4) is 0 Å². The van der Waals surface area contributed by atoms with E-state index in [1.807, 2.05) is 6.92 Å². The smallest absolute Gasteiger partial charge is 0.122 e. The number of carbonyl (C=O) groups excluding carboxylic acids is 1. The van der Waals surface area contributed by atoms with Crippen LogP contribution in [0.2, 0.25) is 0 Å². The molecule has 0 aromatic rings. The SMILES string of the molecule is C/C(=C\CCC(C)C=O)CCCC(C)CCCC(C)CCC1=CC(N=O)C(C)C(C)C1P. The van der Waals surface area contributed by atoms with Crippen LogP contribution in [-0.4, -0.2) is 18.0 Å². The summed E-state index contributed by atoms with van der Waals surface area (Å²) in [7, 11) is 3.01. The average Bonchev–Trinajstić information content (AvgIpc) is 2.76. The Morgan fingerprint density at radius 3 is 2.28 bits per heavy atom. The van der Waals surface area contributed by atoms with Gasteiger partial charge in [0.2, 0.25) is 0 Å². The Labute approximate surface area is 200 Å². The number of rotatable bonds is 16. The maximum absolute atomic E-state index is 11.2. The van der Waals surface area contributed by atoms with Crippen LogP contribution in [-0.2, 0) is 4.79 Å². The van der Waals surface area contributed by atoms with Gasteiger partial charge in [-0.15, -0.1) is 9.24 Å². The number of carbonyl (C=O) groups is 1. The van der Waals surface area contributed by atoms with Crippen molar-refractivity contribution >= 4 is 15.5 Å². The fourth-order valence-corrected chi connectivity index (χ4v) is 5.47. The van der Waals surface area contributed by atoms with Crippen LogP contribution in [0, 0.1) is 34.5 Å². The van der Waals surface area contributed by atoms with Gasteiger partial charge in [0, 0.05) is 5.92 Å². The maximum atomic E-state index is 11.2. The Hall–Kier alpha value is -0.820. The zero-order chi connectivity index (χ0) is 24.1. The largest absolute Gasteiger partial charge is 0.303 e. The summed E-state index contributed by atoms with van der Waals surface area (Å²) in [5.74, 6) is 2.54. The summed E-state index contributed by atoms with van der Waals surface area (Å²) >= 11 is 0. The third kappa shape index (κ3) is 10.9. The highest BCUT2D eigenvalue weighted by Gasteiger charge is 2.33. The molecule has 0 radical (unpaired) electrons. The topological polar surface area (TPSA) is 46.5 Å². The molecule has 184 valence electrons. The van der Waals surface area contributed by atoms with Crippen LogP contribution in [0.25, 0.3) is 0 Å². The molecule has 3 nitrogen and oxygen atoms in total. The molecule has 0 bridgehead atoms. The van der Waals surface area contributed by atoms with Crippen molar-refractivity contribution in [2.45, 2.75) is 117 Å². The van der Waals surface area contributed by atoms with E-state index in [1.54, 1.807) is 0 Å². The van der Waals surface area contributed by atoms with Gasteiger partial charge in [-0.3, -0.25) is 0 Å². The summed E-state index contributed by atoms with van der Waals surface area (Å²) in [6.45, 7) is 13.4. The molecule has 0 amide bonds. The normalized spacial score (nSPS) is 26.8. The first kappa shape index (κ1) is 29.2. The van der Waals surface area contributed by atoms with Crippen molar-refractivity contribution in [3.63, 3.8) is 0 Å². The summed E-state index contributed by atoms with van der Waals surface area (Å²) in [4.78, 5) is 21.9. The summed E-state index contributed by atoms with van der Waals surface area (Å²) in [5, 5.41) is 3.37. The van der Waals surface area contributed by atoms with E-state index in [1.165, 1.54) is 56.1 Å². The van der Waals surface area contributed by atoms with E-state index in [9.17, 15) is 9.70 Å². The maximum Gasteiger partial charge on any atom is 0.122 e. The number of hydrogen-bond acceptors (Lipinski definition) is 3. The van der Waals surface area contributed by atoms with E-state index in [-0.39, 0.29) is 12.0 Å². The highest BCUT2D eigenvalue weighted by Crippen LogP contribution is 2.38. The second kappa shape index (κ2) is 15.9. The second-order valence-electron chi connectivity index (χ2n) is 10.9. The fraction of sp³-hybridized carbons (Fsp3) is 0.821. The summed E-state index contributed by atoms with van der Waals surface area (Å²) in [6.07, 6.45) is 17.6. The molecule has 1 aliphatic carbocycles. The number of allylic oxidation sites excluding steroid dienone is 3. The van der Waals surface area contributed by atoms with Gasteiger partial charge in [0.25, 0.3) is 0 Å². The van der Waals surface area contributed by atoms with E-state index >= 15 is 0 Å². The Morgan fingerprint density at radius 2 is 1.66 bits per heavy atom. The van der Waals surface area contributed by atoms with E-state index in [0.717, 1.165) is 37.4 Å². The molecule has 0 fully saturated rings. The zero-order valence-electron chi connectivity index (χ0n) is 21.7. The molecule has 8 unspecified atom stereocenters. The molecule has 0 saturated carbocycles. The van der Waals surface area contributed by atoms with Gasteiger partial charge in [0.15, 0.2) is 0 Å². The Morgan fingerprint density at radius 1 is 1.03 bits per heavy atom. The monoisotopic (exact) mass is 463 g/mol. The minimum atomic E-state index is -0.147. The molecule has 1 aliphatic rings. The zero-order valence-corrected chi connectivity index (χ0v) is 22.8. The lowest BCUT2D eigenvalue weighted by Gasteiger charge is -2.35. The Kier molecular flexibility index (Phi) is 14.5. The van der Waals surface area contributed by atoms with Gasteiger partial charge in [-0.1, -0.05) is 88.8 Å². The van der Waals surface area contributed by atoms with Gasteiger partial charge in [0.1, 0.15) is 12.3 Å². The molecule has 1 rings (SSSR count). The van der Waals surface area contributed by atoms with Gasteiger partial charge in [-0.2, -0.15) is 4.91 Å². The summed E-state index contributed by atoms with van der Waals surface area (Å²) < 4.78 is 0. The highest BCUT2D eigenvalue weighted by molar-refractivity contribution is 7.18. The number of nitroso groups, excluding NO2 is 1. The van der Waals surface area contributed by atoms with Crippen molar-refractivity contribution in [3.05, 3.63) is 28.2 Å². The minimum Gasteiger partial charge on any atom is -0.303 e. The van der Waals surface area contributed by atoms with Crippen molar-refractivity contribution in [2.75, 3.05) is 0 Å². The lowest BCUT2D eigenvalue weighted by atomic mass is 9.77. The van der Waals surface area contributed by atoms with Gasteiger partial charge >= 0.3 is 0 Å². The molecule has 0 spiro atoms. The van der Waals surface area contributed by atoms with Crippen molar-refractivity contribution in [1.29, 1.82) is 0 Å². The molecular weight excluding hydrogens is 413 g/mol. The number of aldehydes is 1. The van der Waals surface area contributed by atoms with Crippen molar-refractivity contribution in [1.82, 2.24) is 0 Å². The van der Waals surface area contributed by atoms with E-state index in [0.29, 0.717) is 17.5 Å². The predicted octanol–water partition coefficient (Wildman–Crippen LogP) is 8.53. The molecule has 0 saturated heterocycles. The third-order valence-corrected chi connectivity index (χ3v) is 8.84. The molecule has 0 aromatic heterocycles. The lowest BCUT2D eigenvalue weighted by molar-refractivity contribution is -0.110. The van der Waals surface area contributed by atoms with Crippen LogP contribution < -0.4 is 0 Å². The van der Waals surface area contributed by atoms with Crippen molar-refractivity contribution in [2.24, 2.45) is 34.8 Å². The van der Waals surface area contributed by atoms with Crippen LogP contribution in [0.5, 0.6) is 0 Å². The van der Waals surface area contributed by atoms with Crippen LogP contribution in [0.15, 0.2) is 28.5 Å². The molecule has 8 atom stereocenters. The first-order chi connectivity index (χ1) is 15.2. The van der Waals surface area contributed by atoms with Gasteiger partial charge in [-0.25, -0.2) is 0 Å². The van der Waals surface area contributed by atoms with E-state index < -0.39 is 0 Å². The van der Waals surface area contributed by atoms with Gasteiger partial charge in [0.05, 0.1) is 0 Å². The van der Waals surface area contributed by atoms with Crippen LogP contribution >= 0.6 is 9.24 Å². The van der Waals surface area contributed by atoms with E-state index in [2.05, 4.69) is 61.2 Å². The molecule has 0 aromatic carbocycles. The molecule has 0 aliphatic heterocycles. The summed E-state index contributed by atoms with van der Waals surface area (Å²) in [6, 6.07) is -0.147.